The zero-order chi connectivity index (χ0) is 14.8. The molecule has 1 saturated heterocycles. The zero-order valence-corrected chi connectivity index (χ0v) is 12.0. The van der Waals surface area contributed by atoms with Crippen molar-refractivity contribution in [3.05, 3.63) is 48.4 Å². The van der Waals surface area contributed by atoms with E-state index in [2.05, 4.69) is 6.92 Å². The Morgan fingerprint density at radius 1 is 1.33 bits per heavy atom. The number of rotatable bonds is 3. The van der Waals surface area contributed by atoms with Crippen molar-refractivity contribution in [1.29, 1.82) is 0 Å². The maximum atomic E-state index is 12.7. The monoisotopic (exact) mass is 285 g/mol. The number of furan rings is 1. The number of carbonyl (C=O) groups excluding carboxylic acids is 1. The van der Waals surface area contributed by atoms with Crippen molar-refractivity contribution in [1.82, 2.24) is 4.90 Å². The van der Waals surface area contributed by atoms with E-state index in [4.69, 9.17) is 4.42 Å². The van der Waals surface area contributed by atoms with Crippen molar-refractivity contribution >= 4 is 5.91 Å². The summed E-state index contributed by atoms with van der Waals surface area (Å²) in [5.41, 5.74) is 1.76. The van der Waals surface area contributed by atoms with Gasteiger partial charge in [0.05, 0.1) is 18.9 Å². The molecule has 3 rings (SSSR count). The topological polar surface area (TPSA) is 53.7 Å². The summed E-state index contributed by atoms with van der Waals surface area (Å²) in [5.74, 6) is 0.532. The molecule has 1 amide bonds. The van der Waals surface area contributed by atoms with Crippen LogP contribution in [0.1, 0.15) is 23.9 Å². The molecule has 1 aromatic carbocycles. The average Bonchev–Trinajstić information content (AvgIpc) is 3.13. The summed E-state index contributed by atoms with van der Waals surface area (Å²) in [6.45, 7) is 2.73. The molecule has 2 unspecified atom stereocenters. The van der Waals surface area contributed by atoms with Crippen molar-refractivity contribution in [3.8, 4) is 11.1 Å². The van der Waals surface area contributed by atoms with Gasteiger partial charge in [-0.05, 0) is 24.0 Å². The molecule has 0 aliphatic carbocycles. The van der Waals surface area contributed by atoms with Gasteiger partial charge in [-0.15, -0.1) is 0 Å². The summed E-state index contributed by atoms with van der Waals surface area (Å²) >= 11 is 0. The van der Waals surface area contributed by atoms with Crippen LogP contribution in [0.15, 0.2) is 47.1 Å². The molecule has 0 spiro atoms. The number of likely N-dealkylation sites (tertiary alicyclic amines) is 1. The molecule has 2 atom stereocenters. The van der Waals surface area contributed by atoms with Gasteiger partial charge in [0.15, 0.2) is 5.76 Å². The summed E-state index contributed by atoms with van der Waals surface area (Å²) in [4.78, 5) is 14.5. The highest BCUT2D eigenvalue weighted by Crippen LogP contribution is 2.30. The highest BCUT2D eigenvalue weighted by molar-refractivity contribution is 5.98. The quantitative estimate of drug-likeness (QED) is 0.943. The van der Waals surface area contributed by atoms with Gasteiger partial charge in [0.2, 0.25) is 0 Å². The van der Waals surface area contributed by atoms with E-state index in [1.54, 1.807) is 11.2 Å². The van der Waals surface area contributed by atoms with Gasteiger partial charge in [-0.3, -0.25) is 4.79 Å². The van der Waals surface area contributed by atoms with E-state index in [1.807, 2.05) is 36.4 Å². The maximum Gasteiger partial charge on any atom is 0.290 e. The summed E-state index contributed by atoms with van der Waals surface area (Å²) in [7, 11) is 0. The first-order chi connectivity index (χ1) is 10.2. The van der Waals surface area contributed by atoms with E-state index < -0.39 is 0 Å². The van der Waals surface area contributed by atoms with E-state index in [0.717, 1.165) is 17.5 Å². The molecular formula is C17H19NO3. The first kappa shape index (κ1) is 13.9. The van der Waals surface area contributed by atoms with Crippen LogP contribution in [0, 0.1) is 5.92 Å². The van der Waals surface area contributed by atoms with E-state index in [-0.39, 0.29) is 18.6 Å². The van der Waals surface area contributed by atoms with Crippen LogP contribution in [-0.4, -0.2) is 35.1 Å². The minimum Gasteiger partial charge on any atom is -0.459 e. The smallest absolute Gasteiger partial charge is 0.290 e. The first-order valence-electron chi connectivity index (χ1n) is 7.27. The molecule has 0 radical (unpaired) electrons. The van der Waals surface area contributed by atoms with Crippen molar-refractivity contribution in [3.63, 3.8) is 0 Å². The number of aliphatic hydroxyl groups excluding tert-OH is 1. The van der Waals surface area contributed by atoms with Gasteiger partial charge in [-0.2, -0.15) is 0 Å². The Morgan fingerprint density at radius 3 is 2.81 bits per heavy atom. The second-order valence-electron chi connectivity index (χ2n) is 5.54. The van der Waals surface area contributed by atoms with E-state index in [0.29, 0.717) is 18.2 Å². The lowest BCUT2D eigenvalue weighted by Crippen LogP contribution is -2.39. The second-order valence-corrected chi connectivity index (χ2v) is 5.54. The average molecular weight is 285 g/mol. The fourth-order valence-corrected chi connectivity index (χ4v) is 2.99. The van der Waals surface area contributed by atoms with Crippen molar-refractivity contribution in [2.45, 2.75) is 19.4 Å². The Hall–Kier alpha value is -2.07. The van der Waals surface area contributed by atoms with Crippen LogP contribution in [0.5, 0.6) is 0 Å². The lowest BCUT2D eigenvalue weighted by atomic mass is 10.0. The fraction of sp³-hybridized carbons (Fsp3) is 0.353. The first-order valence-corrected chi connectivity index (χ1v) is 7.27. The third-order valence-corrected chi connectivity index (χ3v) is 4.27. The standard InChI is InChI=1S/C17H19NO3/c1-12-7-9-18(15(12)11-19)17(20)16-14(8-10-21-16)13-5-3-2-4-6-13/h2-6,8,10,12,15,19H,7,9,11H2,1H3. The molecule has 1 aliphatic heterocycles. The van der Waals surface area contributed by atoms with E-state index in [9.17, 15) is 9.90 Å². The van der Waals surface area contributed by atoms with Gasteiger partial charge in [-0.25, -0.2) is 0 Å². The molecule has 1 N–H and O–H groups in total. The number of carbonyl (C=O) groups is 1. The molecule has 4 nitrogen and oxygen atoms in total. The molecule has 4 heteroatoms. The van der Waals surface area contributed by atoms with Crippen LogP contribution in [0.25, 0.3) is 11.1 Å². The third-order valence-electron chi connectivity index (χ3n) is 4.27. The molecule has 110 valence electrons. The highest BCUT2D eigenvalue weighted by Gasteiger charge is 2.36. The molecule has 2 aromatic rings. The van der Waals surface area contributed by atoms with Crippen LogP contribution in [0.3, 0.4) is 0 Å². The molecule has 1 aliphatic rings. The molecule has 2 heterocycles. The Morgan fingerprint density at radius 2 is 2.10 bits per heavy atom. The predicted octanol–water partition coefficient (Wildman–Crippen LogP) is 2.79. The minimum absolute atomic E-state index is 0.00567. The Labute approximate surface area is 124 Å². The lowest BCUT2D eigenvalue weighted by molar-refractivity contribution is 0.0618. The van der Waals surface area contributed by atoms with Gasteiger partial charge >= 0.3 is 0 Å². The number of aliphatic hydroxyl groups is 1. The summed E-state index contributed by atoms with van der Waals surface area (Å²) < 4.78 is 5.45. The maximum absolute atomic E-state index is 12.7. The minimum atomic E-state index is -0.137. The molecule has 21 heavy (non-hydrogen) atoms. The summed E-state index contributed by atoms with van der Waals surface area (Å²) in [6, 6.07) is 11.4. The lowest BCUT2D eigenvalue weighted by Gasteiger charge is -2.24. The van der Waals surface area contributed by atoms with Gasteiger partial charge in [0, 0.05) is 12.1 Å². The van der Waals surface area contributed by atoms with Crippen molar-refractivity contribution in [2.75, 3.05) is 13.2 Å². The van der Waals surface area contributed by atoms with E-state index >= 15 is 0 Å². The second kappa shape index (κ2) is 5.74. The number of hydrogen-bond donors (Lipinski definition) is 1. The number of benzene rings is 1. The Balaban J connectivity index is 1.92. The molecule has 1 aromatic heterocycles. The Bertz CT molecular complexity index is 620. The molecule has 0 saturated carbocycles. The van der Waals surface area contributed by atoms with Crippen LogP contribution >= 0.6 is 0 Å². The number of nitrogens with zero attached hydrogens (tertiary/aromatic N) is 1. The number of hydrogen-bond acceptors (Lipinski definition) is 3. The van der Waals surface area contributed by atoms with Gasteiger partial charge < -0.3 is 14.4 Å². The van der Waals surface area contributed by atoms with Crippen LogP contribution in [0.4, 0.5) is 0 Å². The molecule has 0 bridgehead atoms. The Kier molecular flexibility index (Phi) is 3.80. The van der Waals surface area contributed by atoms with Crippen LogP contribution in [-0.2, 0) is 0 Å². The largest absolute Gasteiger partial charge is 0.459 e. The van der Waals surface area contributed by atoms with E-state index in [1.165, 1.54) is 0 Å². The summed E-state index contributed by atoms with van der Waals surface area (Å²) in [6.07, 6.45) is 2.46. The SMILES string of the molecule is CC1CCN(C(=O)c2occc2-c2ccccc2)C1CO. The highest BCUT2D eigenvalue weighted by atomic mass is 16.3. The predicted molar refractivity (Wildman–Crippen MR) is 79.8 cm³/mol. The van der Waals surface area contributed by atoms with Crippen LogP contribution in [0.2, 0.25) is 0 Å². The number of amides is 1. The molecular weight excluding hydrogens is 266 g/mol. The molecule has 1 fully saturated rings. The van der Waals surface area contributed by atoms with Gasteiger partial charge in [0.1, 0.15) is 0 Å². The fourth-order valence-electron chi connectivity index (χ4n) is 2.99. The summed E-state index contributed by atoms with van der Waals surface area (Å²) in [5, 5.41) is 9.52. The van der Waals surface area contributed by atoms with Crippen molar-refractivity contribution in [2.24, 2.45) is 5.92 Å². The zero-order valence-electron chi connectivity index (χ0n) is 12.0. The van der Waals surface area contributed by atoms with Gasteiger partial charge in [0.25, 0.3) is 5.91 Å². The normalized spacial score (nSPS) is 21.7. The van der Waals surface area contributed by atoms with Crippen LogP contribution < -0.4 is 0 Å². The van der Waals surface area contributed by atoms with Crippen molar-refractivity contribution < 1.29 is 14.3 Å². The third kappa shape index (κ3) is 2.47. The van der Waals surface area contributed by atoms with Gasteiger partial charge in [-0.1, -0.05) is 37.3 Å².